The van der Waals surface area contributed by atoms with E-state index in [1.165, 1.54) is 12.1 Å². The maximum Gasteiger partial charge on any atom is 0.300 e. The van der Waals surface area contributed by atoms with Crippen molar-refractivity contribution in [1.29, 1.82) is 0 Å². The standard InChI is InChI=1S/C19H17NO5S/c1-12-3-6-14(7-4-12)26(21,22)25-18-11-23-17-10-9-16-15(19(17)24-18)8-5-13(2)20-16/h3-10,18H,11H2,1-2H3. The Morgan fingerprint density at radius 3 is 2.58 bits per heavy atom. The molecular weight excluding hydrogens is 354 g/mol. The van der Waals surface area contributed by atoms with Gasteiger partial charge in [0.1, 0.15) is 0 Å². The zero-order chi connectivity index (χ0) is 18.3. The first-order chi connectivity index (χ1) is 12.4. The summed E-state index contributed by atoms with van der Waals surface area (Å²) in [5, 5.41) is 0.745. The molecule has 1 atom stereocenters. The van der Waals surface area contributed by atoms with Crippen LogP contribution >= 0.6 is 0 Å². The average molecular weight is 371 g/mol. The van der Waals surface area contributed by atoms with Gasteiger partial charge in [-0.25, -0.2) is 4.18 Å². The van der Waals surface area contributed by atoms with E-state index < -0.39 is 16.4 Å². The van der Waals surface area contributed by atoms with Crippen LogP contribution in [0.3, 0.4) is 0 Å². The summed E-state index contributed by atoms with van der Waals surface area (Å²) in [7, 11) is -3.96. The van der Waals surface area contributed by atoms with E-state index in [1.807, 2.05) is 32.0 Å². The number of hydrogen-bond donors (Lipinski definition) is 0. The molecule has 7 heteroatoms. The molecule has 6 nitrogen and oxygen atoms in total. The second-order valence-corrected chi connectivity index (χ2v) is 7.71. The van der Waals surface area contributed by atoms with Crippen LogP contribution in [0.2, 0.25) is 0 Å². The molecule has 0 saturated carbocycles. The Morgan fingerprint density at radius 2 is 1.81 bits per heavy atom. The number of nitrogens with zero attached hydrogens (tertiary/aromatic N) is 1. The van der Waals surface area contributed by atoms with Gasteiger partial charge in [0.15, 0.2) is 18.1 Å². The molecule has 0 aliphatic carbocycles. The molecule has 2 aromatic carbocycles. The van der Waals surface area contributed by atoms with Crippen molar-refractivity contribution in [3.63, 3.8) is 0 Å². The number of hydrogen-bond acceptors (Lipinski definition) is 6. The summed E-state index contributed by atoms with van der Waals surface area (Å²) >= 11 is 0. The van der Waals surface area contributed by atoms with E-state index in [0.29, 0.717) is 11.5 Å². The Hall–Kier alpha value is -2.64. The summed E-state index contributed by atoms with van der Waals surface area (Å²) in [4.78, 5) is 4.52. The predicted molar refractivity (Wildman–Crippen MR) is 95.8 cm³/mol. The van der Waals surface area contributed by atoms with E-state index in [9.17, 15) is 8.42 Å². The fourth-order valence-corrected chi connectivity index (χ4v) is 3.72. The molecule has 0 N–H and O–H groups in total. The number of fused-ring (bicyclic) bond motifs is 3. The Morgan fingerprint density at radius 1 is 1.04 bits per heavy atom. The van der Waals surface area contributed by atoms with E-state index >= 15 is 0 Å². The molecule has 0 spiro atoms. The lowest BCUT2D eigenvalue weighted by molar-refractivity contribution is -0.0425. The topological polar surface area (TPSA) is 74.7 Å². The summed E-state index contributed by atoms with van der Waals surface area (Å²) in [5.41, 5.74) is 2.59. The molecule has 2 heterocycles. The molecule has 1 aliphatic rings. The number of benzene rings is 2. The smallest absolute Gasteiger partial charge is 0.300 e. The van der Waals surface area contributed by atoms with Crippen molar-refractivity contribution in [3.8, 4) is 11.5 Å². The number of pyridine rings is 1. The summed E-state index contributed by atoms with van der Waals surface area (Å²) in [6, 6.07) is 13.8. The van der Waals surface area contributed by atoms with E-state index in [1.54, 1.807) is 18.2 Å². The van der Waals surface area contributed by atoms with E-state index in [-0.39, 0.29) is 11.5 Å². The van der Waals surface area contributed by atoms with Gasteiger partial charge in [0.2, 0.25) is 0 Å². The van der Waals surface area contributed by atoms with Gasteiger partial charge in [0.05, 0.1) is 10.4 Å². The number of aryl methyl sites for hydroxylation is 2. The highest BCUT2D eigenvalue weighted by Crippen LogP contribution is 2.38. The van der Waals surface area contributed by atoms with Gasteiger partial charge in [-0.15, -0.1) is 0 Å². The molecule has 1 aliphatic heterocycles. The number of ether oxygens (including phenoxy) is 2. The van der Waals surface area contributed by atoms with Crippen LogP contribution in [0.4, 0.5) is 0 Å². The minimum absolute atomic E-state index is 0.0249. The van der Waals surface area contributed by atoms with Crippen molar-refractivity contribution in [3.05, 3.63) is 59.8 Å². The first kappa shape index (κ1) is 16.8. The molecule has 26 heavy (non-hydrogen) atoms. The molecule has 0 fully saturated rings. The molecule has 0 amide bonds. The minimum Gasteiger partial charge on any atom is -0.483 e. The van der Waals surface area contributed by atoms with Crippen molar-refractivity contribution < 1.29 is 22.1 Å². The van der Waals surface area contributed by atoms with E-state index in [2.05, 4.69) is 4.98 Å². The van der Waals surface area contributed by atoms with Gasteiger partial charge in [-0.05, 0) is 50.2 Å². The van der Waals surface area contributed by atoms with Gasteiger partial charge in [-0.1, -0.05) is 17.7 Å². The molecule has 0 radical (unpaired) electrons. The zero-order valence-corrected chi connectivity index (χ0v) is 15.1. The molecule has 1 unspecified atom stereocenters. The Balaban J connectivity index is 1.63. The van der Waals surface area contributed by atoms with Crippen LogP contribution in [0.1, 0.15) is 11.3 Å². The van der Waals surface area contributed by atoms with Gasteiger partial charge >= 0.3 is 0 Å². The van der Waals surface area contributed by atoms with Crippen molar-refractivity contribution >= 4 is 21.0 Å². The maximum atomic E-state index is 12.5. The molecule has 0 saturated heterocycles. The first-order valence-corrected chi connectivity index (χ1v) is 9.53. The quantitative estimate of drug-likeness (QED) is 0.657. The van der Waals surface area contributed by atoms with Crippen LogP contribution < -0.4 is 9.47 Å². The van der Waals surface area contributed by atoms with Gasteiger partial charge in [-0.2, -0.15) is 8.42 Å². The lowest BCUT2D eigenvalue weighted by Crippen LogP contribution is -2.34. The Kier molecular flexibility index (Phi) is 4.05. The lowest BCUT2D eigenvalue weighted by Gasteiger charge is -2.26. The molecular formula is C19H17NO5S. The number of rotatable bonds is 3. The monoisotopic (exact) mass is 371 g/mol. The van der Waals surface area contributed by atoms with Crippen molar-refractivity contribution in [1.82, 2.24) is 4.98 Å². The molecule has 1 aromatic heterocycles. The second kappa shape index (κ2) is 6.26. The number of aromatic nitrogens is 1. The van der Waals surface area contributed by atoms with E-state index in [0.717, 1.165) is 22.2 Å². The SMILES string of the molecule is Cc1ccc(S(=O)(=O)OC2COc3ccc4nc(C)ccc4c3O2)cc1. The third kappa shape index (κ3) is 3.11. The molecule has 0 bridgehead atoms. The average Bonchev–Trinajstić information content (AvgIpc) is 2.61. The minimum atomic E-state index is -3.96. The maximum absolute atomic E-state index is 12.5. The van der Waals surface area contributed by atoms with Gasteiger partial charge in [0, 0.05) is 11.1 Å². The zero-order valence-electron chi connectivity index (χ0n) is 14.3. The van der Waals surface area contributed by atoms with Gasteiger partial charge in [-0.3, -0.25) is 4.98 Å². The largest absolute Gasteiger partial charge is 0.483 e. The van der Waals surface area contributed by atoms with Gasteiger partial charge < -0.3 is 9.47 Å². The lowest BCUT2D eigenvalue weighted by atomic mass is 10.1. The fourth-order valence-electron chi connectivity index (χ4n) is 2.77. The third-order valence-electron chi connectivity index (χ3n) is 4.09. The Bertz CT molecular complexity index is 1080. The normalized spacial score (nSPS) is 16.6. The third-order valence-corrected chi connectivity index (χ3v) is 5.41. The highest BCUT2D eigenvalue weighted by molar-refractivity contribution is 7.86. The van der Waals surface area contributed by atoms with Crippen molar-refractivity contribution in [2.45, 2.75) is 25.0 Å². The summed E-state index contributed by atoms with van der Waals surface area (Å²) in [5.74, 6) is 0.973. The molecule has 4 rings (SSSR count). The first-order valence-electron chi connectivity index (χ1n) is 8.12. The van der Waals surface area contributed by atoms with Crippen LogP contribution in [0.5, 0.6) is 11.5 Å². The van der Waals surface area contributed by atoms with Crippen LogP contribution in [0.25, 0.3) is 10.9 Å². The van der Waals surface area contributed by atoms with Crippen molar-refractivity contribution in [2.24, 2.45) is 0 Å². The fraction of sp³-hybridized carbons (Fsp3) is 0.211. The molecule has 3 aromatic rings. The summed E-state index contributed by atoms with van der Waals surface area (Å²) in [6.45, 7) is 3.76. The van der Waals surface area contributed by atoms with Crippen LogP contribution in [-0.4, -0.2) is 26.3 Å². The van der Waals surface area contributed by atoms with Gasteiger partial charge in [0.25, 0.3) is 16.4 Å². The van der Waals surface area contributed by atoms with Crippen LogP contribution in [0.15, 0.2) is 53.4 Å². The highest BCUT2D eigenvalue weighted by atomic mass is 32.2. The molecule has 134 valence electrons. The second-order valence-electron chi connectivity index (χ2n) is 6.13. The summed E-state index contributed by atoms with van der Waals surface area (Å²) in [6.07, 6.45) is -1.07. The predicted octanol–water partition coefficient (Wildman–Crippen LogP) is 3.35. The summed E-state index contributed by atoms with van der Waals surface area (Å²) < 4.78 is 41.6. The van der Waals surface area contributed by atoms with Crippen LogP contribution in [0, 0.1) is 13.8 Å². The van der Waals surface area contributed by atoms with Crippen molar-refractivity contribution in [2.75, 3.05) is 6.61 Å². The Labute approximate surface area is 151 Å². The van der Waals surface area contributed by atoms with Crippen LogP contribution in [-0.2, 0) is 14.3 Å². The highest BCUT2D eigenvalue weighted by Gasteiger charge is 2.29. The van der Waals surface area contributed by atoms with E-state index in [4.69, 9.17) is 13.7 Å².